The molecule has 0 aromatic carbocycles. The number of carbonyl (C=O) groups is 1. The zero-order valence-electron chi connectivity index (χ0n) is 11.1. The van der Waals surface area contributed by atoms with Gasteiger partial charge in [0.25, 0.3) is 5.91 Å². The first kappa shape index (κ1) is 12.9. The summed E-state index contributed by atoms with van der Waals surface area (Å²) in [5.74, 6) is 1.50. The molecule has 1 saturated carbocycles. The molecule has 1 fully saturated rings. The van der Waals surface area contributed by atoms with Gasteiger partial charge in [-0.25, -0.2) is 4.98 Å². The maximum absolute atomic E-state index is 12.5. The second kappa shape index (κ2) is 5.85. The third-order valence-corrected chi connectivity index (χ3v) is 3.23. The van der Waals surface area contributed by atoms with Crippen LogP contribution in [0.1, 0.15) is 37.0 Å². The molecule has 2 rings (SSSR count). The van der Waals surface area contributed by atoms with Crippen LogP contribution in [0.15, 0.2) is 18.3 Å². The van der Waals surface area contributed by atoms with Crippen LogP contribution >= 0.6 is 0 Å². The highest BCUT2D eigenvalue weighted by molar-refractivity contribution is 5.98. The highest BCUT2D eigenvalue weighted by Gasteiger charge is 2.27. The number of amides is 1. The van der Waals surface area contributed by atoms with E-state index in [1.54, 1.807) is 6.20 Å². The number of hydrogen-bond acceptors (Lipinski definition) is 3. The molecule has 98 valence electrons. The van der Waals surface area contributed by atoms with Crippen LogP contribution in [0, 0.1) is 5.92 Å². The van der Waals surface area contributed by atoms with Crippen molar-refractivity contribution in [1.29, 1.82) is 0 Å². The van der Waals surface area contributed by atoms with Gasteiger partial charge in [-0.2, -0.15) is 0 Å². The van der Waals surface area contributed by atoms with Gasteiger partial charge in [-0.1, -0.05) is 0 Å². The fourth-order valence-corrected chi connectivity index (χ4v) is 2.02. The molecule has 4 heteroatoms. The highest BCUT2D eigenvalue weighted by atomic mass is 16.2. The Morgan fingerprint density at radius 3 is 2.89 bits per heavy atom. The summed E-state index contributed by atoms with van der Waals surface area (Å²) in [7, 11) is 0. The van der Waals surface area contributed by atoms with Crippen molar-refractivity contribution in [2.24, 2.45) is 5.92 Å². The molecule has 0 spiro atoms. The molecule has 0 atom stereocenters. The van der Waals surface area contributed by atoms with E-state index < -0.39 is 0 Å². The van der Waals surface area contributed by atoms with E-state index in [9.17, 15) is 4.79 Å². The lowest BCUT2D eigenvalue weighted by Gasteiger charge is -2.21. The van der Waals surface area contributed by atoms with Crippen molar-refractivity contribution in [2.45, 2.75) is 26.7 Å². The normalized spacial score (nSPS) is 14.3. The molecule has 0 bridgehead atoms. The summed E-state index contributed by atoms with van der Waals surface area (Å²) in [5, 5.41) is 3.15. The number of nitrogens with one attached hydrogen (secondary N) is 1. The van der Waals surface area contributed by atoms with E-state index in [0.717, 1.165) is 19.6 Å². The molecule has 4 nitrogen and oxygen atoms in total. The summed E-state index contributed by atoms with van der Waals surface area (Å²) in [6.07, 6.45) is 4.24. The van der Waals surface area contributed by atoms with E-state index in [0.29, 0.717) is 17.3 Å². The summed E-state index contributed by atoms with van der Waals surface area (Å²) < 4.78 is 0. The maximum atomic E-state index is 12.5. The minimum Gasteiger partial charge on any atom is -0.370 e. The zero-order chi connectivity index (χ0) is 13.0. The van der Waals surface area contributed by atoms with Crippen molar-refractivity contribution in [3.8, 4) is 0 Å². The number of hydrogen-bond donors (Lipinski definition) is 1. The van der Waals surface area contributed by atoms with Crippen LogP contribution in [0.3, 0.4) is 0 Å². The molecular formula is C14H21N3O. The largest absolute Gasteiger partial charge is 0.370 e. The van der Waals surface area contributed by atoms with Crippen molar-refractivity contribution >= 4 is 11.7 Å². The number of anilines is 1. The number of carbonyl (C=O) groups excluding carboxylic acids is 1. The Morgan fingerprint density at radius 2 is 2.28 bits per heavy atom. The zero-order valence-corrected chi connectivity index (χ0v) is 11.1. The molecule has 1 aromatic rings. The minimum atomic E-state index is 0.0912. The summed E-state index contributed by atoms with van der Waals surface area (Å²) >= 11 is 0. The molecular weight excluding hydrogens is 226 g/mol. The predicted molar refractivity (Wildman–Crippen MR) is 72.7 cm³/mol. The summed E-state index contributed by atoms with van der Waals surface area (Å²) in [6.45, 7) is 6.45. The van der Waals surface area contributed by atoms with E-state index in [1.165, 1.54) is 12.8 Å². The second-order valence-electron chi connectivity index (χ2n) is 4.72. The second-order valence-corrected chi connectivity index (χ2v) is 4.72. The third-order valence-electron chi connectivity index (χ3n) is 3.23. The Hall–Kier alpha value is -1.58. The van der Waals surface area contributed by atoms with Crippen molar-refractivity contribution < 1.29 is 4.79 Å². The Balaban J connectivity index is 2.14. The maximum Gasteiger partial charge on any atom is 0.257 e. The van der Waals surface area contributed by atoms with Gasteiger partial charge in [0.05, 0.1) is 5.56 Å². The van der Waals surface area contributed by atoms with E-state index in [1.807, 2.05) is 30.9 Å². The van der Waals surface area contributed by atoms with Crippen LogP contribution in [0.2, 0.25) is 0 Å². The molecule has 0 unspecified atom stereocenters. The van der Waals surface area contributed by atoms with Crippen molar-refractivity contribution in [1.82, 2.24) is 9.88 Å². The van der Waals surface area contributed by atoms with Crippen molar-refractivity contribution in [3.63, 3.8) is 0 Å². The Kier molecular flexibility index (Phi) is 4.18. The van der Waals surface area contributed by atoms with Crippen LogP contribution in [0.25, 0.3) is 0 Å². The smallest absolute Gasteiger partial charge is 0.257 e. The van der Waals surface area contributed by atoms with Gasteiger partial charge in [0.2, 0.25) is 0 Å². The number of nitrogens with zero attached hydrogens (tertiary/aromatic N) is 2. The first-order chi connectivity index (χ1) is 8.76. The monoisotopic (exact) mass is 247 g/mol. The fourth-order valence-electron chi connectivity index (χ4n) is 2.02. The molecule has 18 heavy (non-hydrogen) atoms. The topological polar surface area (TPSA) is 45.2 Å². The van der Waals surface area contributed by atoms with Gasteiger partial charge in [-0.3, -0.25) is 4.79 Å². The summed E-state index contributed by atoms with van der Waals surface area (Å²) in [4.78, 5) is 18.6. The molecule has 1 aliphatic rings. The highest BCUT2D eigenvalue weighted by Crippen LogP contribution is 2.30. The average molecular weight is 247 g/mol. The predicted octanol–water partition coefficient (Wildman–Crippen LogP) is 2.39. The molecule has 0 radical (unpaired) electrons. The Bertz CT molecular complexity index is 415. The van der Waals surface area contributed by atoms with Gasteiger partial charge in [0.1, 0.15) is 5.82 Å². The van der Waals surface area contributed by atoms with E-state index in [-0.39, 0.29) is 5.91 Å². The first-order valence-corrected chi connectivity index (χ1v) is 6.74. The quantitative estimate of drug-likeness (QED) is 0.839. The molecule has 0 saturated heterocycles. The van der Waals surface area contributed by atoms with Gasteiger partial charge in [0, 0.05) is 25.8 Å². The van der Waals surface area contributed by atoms with Crippen molar-refractivity contribution in [3.05, 3.63) is 23.9 Å². The average Bonchev–Trinajstić information content (AvgIpc) is 3.20. The van der Waals surface area contributed by atoms with Crippen LogP contribution in [0.5, 0.6) is 0 Å². The SMILES string of the molecule is CCNc1ncccc1C(=O)N(CC)CC1CC1. The van der Waals surface area contributed by atoms with Gasteiger partial charge < -0.3 is 10.2 Å². The Labute approximate surface area is 108 Å². The van der Waals surface area contributed by atoms with Crippen LogP contribution < -0.4 is 5.32 Å². The Morgan fingerprint density at radius 1 is 1.50 bits per heavy atom. The van der Waals surface area contributed by atoms with E-state index in [2.05, 4.69) is 10.3 Å². The van der Waals surface area contributed by atoms with E-state index >= 15 is 0 Å². The van der Waals surface area contributed by atoms with Gasteiger partial charge in [0.15, 0.2) is 0 Å². The molecule has 1 N–H and O–H groups in total. The molecule has 1 aliphatic carbocycles. The van der Waals surface area contributed by atoms with Crippen molar-refractivity contribution in [2.75, 3.05) is 25.0 Å². The van der Waals surface area contributed by atoms with Crippen LogP contribution in [-0.2, 0) is 0 Å². The van der Waals surface area contributed by atoms with Gasteiger partial charge >= 0.3 is 0 Å². The molecule has 1 amide bonds. The number of rotatable bonds is 6. The first-order valence-electron chi connectivity index (χ1n) is 6.74. The standard InChI is InChI=1S/C14H21N3O/c1-3-15-13-12(6-5-9-16-13)14(18)17(4-2)10-11-7-8-11/h5-6,9,11H,3-4,7-8,10H2,1-2H3,(H,15,16). The van der Waals surface area contributed by atoms with Gasteiger partial charge in [-0.05, 0) is 44.7 Å². The lowest BCUT2D eigenvalue weighted by molar-refractivity contribution is 0.0757. The molecule has 0 aliphatic heterocycles. The van der Waals surface area contributed by atoms with Crippen LogP contribution in [0.4, 0.5) is 5.82 Å². The fraction of sp³-hybridized carbons (Fsp3) is 0.571. The minimum absolute atomic E-state index is 0.0912. The van der Waals surface area contributed by atoms with E-state index in [4.69, 9.17) is 0 Å². The number of aromatic nitrogens is 1. The summed E-state index contributed by atoms with van der Waals surface area (Å²) in [5.41, 5.74) is 0.682. The third kappa shape index (κ3) is 3.00. The molecule has 1 aromatic heterocycles. The lowest BCUT2D eigenvalue weighted by atomic mass is 10.2. The lowest BCUT2D eigenvalue weighted by Crippen LogP contribution is -2.33. The molecule has 1 heterocycles. The van der Waals surface area contributed by atoms with Gasteiger partial charge in [-0.15, -0.1) is 0 Å². The van der Waals surface area contributed by atoms with Crippen LogP contribution in [-0.4, -0.2) is 35.4 Å². The number of pyridine rings is 1. The summed E-state index contributed by atoms with van der Waals surface area (Å²) in [6, 6.07) is 3.67.